The molecule has 1 N–H and O–H groups in total. The second kappa shape index (κ2) is 4.76. The Kier molecular flexibility index (Phi) is 3.36. The van der Waals surface area contributed by atoms with Crippen molar-refractivity contribution >= 4 is 11.3 Å². The molecule has 1 atom stereocenters. The minimum atomic E-state index is 0.257. The summed E-state index contributed by atoms with van der Waals surface area (Å²) in [5.74, 6) is 0. The smallest absolute Gasteiger partial charge is 0.0686 e. The molecular weight excluding hydrogens is 216 g/mol. The predicted octanol–water partition coefficient (Wildman–Crippen LogP) is 3.07. The fourth-order valence-corrected chi connectivity index (χ4v) is 2.93. The van der Waals surface area contributed by atoms with Crippen LogP contribution in [0, 0.1) is 13.8 Å². The van der Waals surface area contributed by atoms with Gasteiger partial charge in [0.2, 0.25) is 0 Å². The van der Waals surface area contributed by atoms with Crippen molar-refractivity contribution in [1.29, 1.82) is 0 Å². The zero-order valence-electron chi connectivity index (χ0n) is 9.82. The van der Waals surface area contributed by atoms with E-state index >= 15 is 0 Å². The summed E-state index contributed by atoms with van der Waals surface area (Å²) in [6, 6.07) is 4.60. The van der Waals surface area contributed by atoms with Gasteiger partial charge in [0, 0.05) is 17.3 Å². The van der Waals surface area contributed by atoms with Crippen LogP contribution in [-0.2, 0) is 0 Å². The van der Waals surface area contributed by atoms with E-state index in [2.05, 4.69) is 41.7 Å². The van der Waals surface area contributed by atoms with E-state index in [9.17, 15) is 0 Å². The Morgan fingerprint density at radius 3 is 2.69 bits per heavy atom. The Morgan fingerprint density at radius 2 is 2.12 bits per heavy atom. The summed E-state index contributed by atoms with van der Waals surface area (Å²) in [4.78, 5) is 5.63. The molecule has 0 bridgehead atoms. The number of hydrogen-bond donors (Lipinski definition) is 1. The molecule has 2 nitrogen and oxygen atoms in total. The third-order valence-electron chi connectivity index (χ3n) is 2.68. The van der Waals surface area contributed by atoms with Gasteiger partial charge in [0.15, 0.2) is 0 Å². The molecule has 2 heterocycles. The van der Waals surface area contributed by atoms with Crippen LogP contribution in [0.15, 0.2) is 29.9 Å². The van der Waals surface area contributed by atoms with Crippen molar-refractivity contribution in [2.45, 2.75) is 19.9 Å². The fourth-order valence-electron chi connectivity index (χ4n) is 1.87. The maximum atomic E-state index is 4.26. The monoisotopic (exact) mass is 232 g/mol. The summed E-state index contributed by atoms with van der Waals surface area (Å²) in [6.45, 7) is 4.23. The molecule has 0 spiro atoms. The SMILES string of the molecule is CNC(c1cncc(C)c1)c1sccc1C. The summed E-state index contributed by atoms with van der Waals surface area (Å²) in [5, 5.41) is 5.50. The van der Waals surface area contributed by atoms with Crippen LogP contribution in [0.4, 0.5) is 0 Å². The van der Waals surface area contributed by atoms with Gasteiger partial charge in [-0.15, -0.1) is 11.3 Å². The summed E-state index contributed by atoms with van der Waals surface area (Å²) >= 11 is 1.79. The maximum absolute atomic E-state index is 4.26. The largest absolute Gasteiger partial charge is 0.309 e. The van der Waals surface area contributed by atoms with Crippen LogP contribution in [-0.4, -0.2) is 12.0 Å². The number of aromatic nitrogens is 1. The Labute approximate surface area is 100 Å². The van der Waals surface area contributed by atoms with Crippen LogP contribution >= 0.6 is 11.3 Å². The standard InChI is InChI=1S/C13H16N2S/c1-9-6-11(8-15-7-9)12(14-3)13-10(2)4-5-16-13/h4-8,12,14H,1-3H3. The van der Waals surface area contributed by atoms with E-state index in [1.807, 2.05) is 19.4 Å². The molecule has 0 aliphatic rings. The van der Waals surface area contributed by atoms with Gasteiger partial charge in [0.1, 0.15) is 0 Å². The first-order chi connectivity index (χ1) is 7.72. The third-order valence-corrected chi connectivity index (χ3v) is 3.77. The summed E-state index contributed by atoms with van der Waals surface area (Å²) < 4.78 is 0. The minimum Gasteiger partial charge on any atom is -0.309 e. The van der Waals surface area contributed by atoms with E-state index < -0.39 is 0 Å². The lowest BCUT2D eigenvalue weighted by Gasteiger charge is -2.16. The molecule has 16 heavy (non-hydrogen) atoms. The van der Waals surface area contributed by atoms with E-state index in [0.717, 1.165) is 0 Å². The highest BCUT2D eigenvalue weighted by atomic mass is 32.1. The first kappa shape index (κ1) is 11.3. The normalized spacial score (nSPS) is 12.7. The number of thiophene rings is 1. The van der Waals surface area contributed by atoms with Crippen molar-refractivity contribution in [3.05, 3.63) is 51.5 Å². The quantitative estimate of drug-likeness (QED) is 0.879. The number of hydrogen-bond acceptors (Lipinski definition) is 3. The number of rotatable bonds is 3. The Bertz CT molecular complexity index is 476. The summed E-state index contributed by atoms with van der Waals surface area (Å²) in [7, 11) is 1.99. The van der Waals surface area contributed by atoms with Crippen LogP contribution < -0.4 is 5.32 Å². The van der Waals surface area contributed by atoms with E-state index in [1.165, 1.54) is 21.6 Å². The third kappa shape index (κ3) is 2.15. The molecule has 2 aromatic rings. The van der Waals surface area contributed by atoms with Crippen LogP contribution in [0.25, 0.3) is 0 Å². The average molecular weight is 232 g/mol. The molecule has 84 valence electrons. The van der Waals surface area contributed by atoms with Crippen LogP contribution in [0.5, 0.6) is 0 Å². The molecule has 0 aliphatic heterocycles. The van der Waals surface area contributed by atoms with E-state index in [0.29, 0.717) is 0 Å². The second-order valence-electron chi connectivity index (χ2n) is 3.99. The van der Waals surface area contributed by atoms with Crippen LogP contribution in [0.2, 0.25) is 0 Å². The zero-order chi connectivity index (χ0) is 11.5. The molecule has 3 heteroatoms. The zero-order valence-corrected chi connectivity index (χ0v) is 10.6. The van der Waals surface area contributed by atoms with Gasteiger partial charge in [-0.05, 0) is 49.0 Å². The molecular formula is C13H16N2S. The fraction of sp³-hybridized carbons (Fsp3) is 0.308. The molecule has 0 amide bonds. The maximum Gasteiger partial charge on any atom is 0.0686 e. The topological polar surface area (TPSA) is 24.9 Å². The van der Waals surface area contributed by atoms with Gasteiger partial charge in [0.25, 0.3) is 0 Å². The molecule has 0 radical (unpaired) electrons. The average Bonchev–Trinajstić information content (AvgIpc) is 2.67. The van der Waals surface area contributed by atoms with Gasteiger partial charge in [-0.3, -0.25) is 4.98 Å². The summed E-state index contributed by atoms with van der Waals surface area (Å²) in [5.41, 5.74) is 3.77. The Morgan fingerprint density at radius 1 is 1.31 bits per heavy atom. The lowest BCUT2D eigenvalue weighted by Crippen LogP contribution is -2.17. The summed E-state index contributed by atoms with van der Waals surface area (Å²) in [6.07, 6.45) is 3.82. The number of pyridine rings is 1. The molecule has 0 saturated carbocycles. The van der Waals surface area contributed by atoms with E-state index in [-0.39, 0.29) is 6.04 Å². The molecule has 0 aromatic carbocycles. The Balaban J connectivity index is 2.40. The molecule has 1 unspecified atom stereocenters. The van der Waals surface area contributed by atoms with E-state index in [1.54, 1.807) is 11.3 Å². The molecule has 0 fully saturated rings. The highest BCUT2D eigenvalue weighted by Crippen LogP contribution is 2.28. The molecule has 2 rings (SSSR count). The first-order valence-electron chi connectivity index (χ1n) is 5.35. The van der Waals surface area contributed by atoms with Crippen molar-refractivity contribution < 1.29 is 0 Å². The highest BCUT2D eigenvalue weighted by molar-refractivity contribution is 7.10. The minimum absolute atomic E-state index is 0.257. The highest BCUT2D eigenvalue weighted by Gasteiger charge is 2.15. The number of nitrogens with one attached hydrogen (secondary N) is 1. The van der Waals surface area contributed by atoms with Gasteiger partial charge in [0.05, 0.1) is 6.04 Å². The van der Waals surface area contributed by atoms with E-state index in [4.69, 9.17) is 0 Å². The van der Waals surface area contributed by atoms with Gasteiger partial charge < -0.3 is 5.32 Å². The molecule has 2 aromatic heterocycles. The molecule has 0 saturated heterocycles. The lowest BCUT2D eigenvalue weighted by atomic mass is 10.0. The van der Waals surface area contributed by atoms with Crippen molar-refractivity contribution in [2.24, 2.45) is 0 Å². The molecule has 0 aliphatic carbocycles. The van der Waals surface area contributed by atoms with Gasteiger partial charge in [-0.1, -0.05) is 6.07 Å². The first-order valence-corrected chi connectivity index (χ1v) is 6.23. The van der Waals surface area contributed by atoms with Crippen molar-refractivity contribution in [1.82, 2.24) is 10.3 Å². The van der Waals surface area contributed by atoms with Gasteiger partial charge in [-0.25, -0.2) is 0 Å². The van der Waals surface area contributed by atoms with Gasteiger partial charge >= 0.3 is 0 Å². The lowest BCUT2D eigenvalue weighted by molar-refractivity contribution is 0.696. The van der Waals surface area contributed by atoms with Gasteiger partial charge in [-0.2, -0.15) is 0 Å². The van der Waals surface area contributed by atoms with Crippen LogP contribution in [0.1, 0.15) is 27.6 Å². The van der Waals surface area contributed by atoms with Crippen molar-refractivity contribution in [3.63, 3.8) is 0 Å². The predicted molar refractivity (Wildman–Crippen MR) is 68.9 cm³/mol. The van der Waals surface area contributed by atoms with Crippen molar-refractivity contribution in [3.8, 4) is 0 Å². The van der Waals surface area contributed by atoms with Crippen LogP contribution in [0.3, 0.4) is 0 Å². The number of nitrogens with zero attached hydrogens (tertiary/aromatic N) is 1. The Hall–Kier alpha value is -1.19. The van der Waals surface area contributed by atoms with Crippen molar-refractivity contribution in [2.75, 3.05) is 7.05 Å². The number of aryl methyl sites for hydroxylation is 2. The second-order valence-corrected chi connectivity index (χ2v) is 4.93.